The molecule has 0 unspecified atom stereocenters. The molecule has 0 spiro atoms. The number of Topliss-reactive ketones (excluding diaryl/α,β-unsaturated/α-hetero) is 1. The summed E-state index contributed by atoms with van der Waals surface area (Å²) in [7, 11) is -0.374. The lowest BCUT2D eigenvalue weighted by Crippen LogP contribution is -2.17. The Hall–Kier alpha value is -5.85. The molecular weight excluding hydrogens is 741 g/mol. The molecule has 0 aliphatic heterocycles. The number of carbonyl (C=O) groups is 2. The van der Waals surface area contributed by atoms with Crippen LogP contribution in [0.1, 0.15) is 26.3 Å². The maximum absolute atomic E-state index is 12.6. The fourth-order valence-electron chi connectivity index (χ4n) is 6.04. The number of hydrogen-bond acceptors (Lipinski definition) is 3. The van der Waals surface area contributed by atoms with Gasteiger partial charge in [0.25, 0.3) is 0 Å². The van der Waals surface area contributed by atoms with Crippen LogP contribution >= 0.6 is 11.8 Å². The number of hydrogen-bond donors (Lipinski definition) is 0. The molecule has 0 aliphatic rings. The van der Waals surface area contributed by atoms with Crippen molar-refractivity contribution >= 4 is 45.1 Å². The molecule has 0 bridgehead atoms. The van der Waals surface area contributed by atoms with Gasteiger partial charge >= 0.3 is 0 Å². The molecule has 56 heavy (non-hydrogen) atoms. The Labute approximate surface area is 340 Å². The maximum atomic E-state index is 12.6. The van der Waals surface area contributed by atoms with Gasteiger partial charge in [0, 0.05) is 26.5 Å². The molecule has 0 heterocycles. The van der Waals surface area contributed by atoms with Crippen LogP contribution < -0.4 is 0 Å². The maximum Gasteiger partial charge on any atom is 0.212 e. The second kappa shape index (κ2) is 19.7. The number of ketones is 2. The van der Waals surface area contributed by atoms with Gasteiger partial charge in [0.2, 0.25) is 5.78 Å². The van der Waals surface area contributed by atoms with Crippen LogP contribution in [-0.2, 0) is 21.8 Å². The fraction of sp³-hybridized carbons (Fsp3) is 0.0196. The van der Waals surface area contributed by atoms with Crippen LogP contribution in [-0.4, -0.2) is 17.3 Å². The van der Waals surface area contributed by atoms with Gasteiger partial charge in [0.05, 0.1) is 21.8 Å². The van der Waals surface area contributed by atoms with E-state index in [-0.39, 0.29) is 33.4 Å². The molecule has 0 saturated carbocycles. The summed E-state index contributed by atoms with van der Waals surface area (Å²) in [6, 6.07) is 77.6. The van der Waals surface area contributed by atoms with Crippen LogP contribution in [0.25, 0.3) is 0 Å². The molecule has 8 aromatic carbocycles. The van der Waals surface area contributed by atoms with Gasteiger partial charge in [0.15, 0.2) is 36.0 Å². The first-order valence-electron chi connectivity index (χ1n) is 18.3. The molecule has 0 saturated heterocycles. The average molecular weight is 781 g/mol. The van der Waals surface area contributed by atoms with Crippen LogP contribution in [0.3, 0.4) is 0 Å². The molecule has 2 nitrogen and oxygen atoms in total. The Balaban J connectivity index is 0.000000189. The summed E-state index contributed by atoms with van der Waals surface area (Å²) in [4.78, 5) is 33.9. The molecule has 5 heteroatoms. The Kier molecular flexibility index (Phi) is 13.5. The van der Waals surface area contributed by atoms with E-state index >= 15 is 0 Å². The highest BCUT2D eigenvalue weighted by Crippen LogP contribution is 2.34. The zero-order valence-corrected chi connectivity index (χ0v) is 33.1. The molecule has 0 aliphatic carbocycles. The van der Waals surface area contributed by atoms with E-state index in [1.165, 1.54) is 29.4 Å². The molecule has 0 aromatic heterocycles. The molecule has 0 amide bonds. The van der Waals surface area contributed by atoms with E-state index in [4.69, 9.17) is 0 Å². The van der Waals surface area contributed by atoms with E-state index in [0.717, 1.165) is 10.5 Å². The Morgan fingerprint density at radius 1 is 0.339 bits per heavy atom. The van der Waals surface area contributed by atoms with Gasteiger partial charge < -0.3 is 0 Å². The lowest BCUT2D eigenvalue weighted by atomic mass is 10.0. The largest absolute Gasteiger partial charge is 0.289 e. The number of benzene rings is 8. The van der Waals surface area contributed by atoms with Crippen LogP contribution in [0, 0.1) is 0 Å². The van der Waals surface area contributed by atoms with Crippen LogP contribution in [0.4, 0.5) is 0 Å². The average Bonchev–Trinajstić information content (AvgIpc) is 3.28. The quantitative estimate of drug-likeness (QED) is 0.0915. The minimum Gasteiger partial charge on any atom is -0.289 e. The van der Waals surface area contributed by atoms with Crippen molar-refractivity contribution < 1.29 is 9.59 Å². The van der Waals surface area contributed by atoms with E-state index in [1.54, 1.807) is 11.8 Å². The van der Waals surface area contributed by atoms with Crippen molar-refractivity contribution in [3.8, 4) is 0 Å². The van der Waals surface area contributed by atoms with Gasteiger partial charge in [0.1, 0.15) is 0 Å². The van der Waals surface area contributed by atoms with Crippen LogP contribution in [0.15, 0.2) is 265 Å². The Morgan fingerprint density at radius 3 is 1.09 bits per heavy atom. The van der Waals surface area contributed by atoms with E-state index < -0.39 is 0 Å². The SMILES string of the molecule is O=C(C[S+](c1ccccc1)c1ccccc1)c1ccccc1.O=C(c1ccccc1)c1ccc(Sc2ccc([S+](c3ccccc3)c3ccccc3)cc2)cc1. The summed E-state index contributed by atoms with van der Waals surface area (Å²) >= 11 is 1.71. The molecular formula is C51H40O2S3+2. The molecule has 272 valence electrons. The third-order valence-electron chi connectivity index (χ3n) is 8.83. The first-order valence-corrected chi connectivity index (χ1v) is 21.8. The highest BCUT2D eigenvalue weighted by molar-refractivity contribution is 7.99. The Bertz CT molecular complexity index is 2330. The van der Waals surface area contributed by atoms with Crippen molar-refractivity contribution in [2.24, 2.45) is 0 Å². The topological polar surface area (TPSA) is 34.1 Å². The van der Waals surface area contributed by atoms with E-state index in [1.807, 2.05) is 121 Å². The van der Waals surface area contributed by atoms with Crippen molar-refractivity contribution in [3.05, 3.63) is 247 Å². The molecule has 0 fully saturated rings. The molecule has 0 N–H and O–H groups in total. The first kappa shape index (κ1) is 38.4. The summed E-state index contributed by atoms with van der Waals surface area (Å²) in [5, 5.41) is 0. The van der Waals surface area contributed by atoms with Crippen molar-refractivity contribution in [2.45, 2.75) is 34.3 Å². The number of carbonyl (C=O) groups excluding carboxylic acids is 2. The van der Waals surface area contributed by atoms with Gasteiger partial charge in [-0.15, -0.1) is 0 Å². The lowest BCUT2D eigenvalue weighted by molar-refractivity contribution is 0.101. The lowest BCUT2D eigenvalue weighted by Gasteiger charge is -2.09. The summed E-state index contributed by atoms with van der Waals surface area (Å²) in [5.41, 5.74) is 2.21. The Morgan fingerprint density at radius 2 is 0.661 bits per heavy atom. The van der Waals surface area contributed by atoms with Gasteiger partial charge in [-0.1, -0.05) is 145 Å². The number of rotatable bonds is 12. The second-order valence-corrected chi connectivity index (χ2v) is 17.9. The van der Waals surface area contributed by atoms with Gasteiger partial charge in [-0.2, -0.15) is 0 Å². The smallest absolute Gasteiger partial charge is 0.212 e. The minimum absolute atomic E-state index is 0.0513. The van der Waals surface area contributed by atoms with Crippen molar-refractivity contribution in [1.29, 1.82) is 0 Å². The van der Waals surface area contributed by atoms with Gasteiger partial charge in [-0.25, -0.2) is 0 Å². The highest BCUT2D eigenvalue weighted by atomic mass is 32.2. The summed E-state index contributed by atoms with van der Waals surface area (Å²) in [6.45, 7) is 0. The zero-order valence-electron chi connectivity index (χ0n) is 30.7. The third-order valence-corrected chi connectivity index (χ3v) is 14.3. The van der Waals surface area contributed by atoms with Crippen molar-refractivity contribution in [1.82, 2.24) is 0 Å². The predicted octanol–water partition coefficient (Wildman–Crippen LogP) is 12.8. The molecule has 0 atom stereocenters. The highest BCUT2D eigenvalue weighted by Gasteiger charge is 2.29. The van der Waals surface area contributed by atoms with Crippen LogP contribution in [0.5, 0.6) is 0 Å². The summed E-state index contributed by atoms with van der Waals surface area (Å²) in [6.07, 6.45) is 0. The monoisotopic (exact) mass is 780 g/mol. The van der Waals surface area contributed by atoms with Gasteiger partial charge in [-0.05, 0) is 97.1 Å². The molecule has 0 radical (unpaired) electrons. The normalized spacial score (nSPS) is 10.8. The zero-order chi connectivity index (χ0) is 38.4. The van der Waals surface area contributed by atoms with E-state index in [0.29, 0.717) is 16.9 Å². The third kappa shape index (κ3) is 10.3. The predicted molar refractivity (Wildman–Crippen MR) is 234 cm³/mol. The van der Waals surface area contributed by atoms with E-state index in [9.17, 15) is 9.59 Å². The molecule has 8 rings (SSSR count). The summed E-state index contributed by atoms with van der Waals surface area (Å²) in [5.74, 6) is 0.755. The van der Waals surface area contributed by atoms with Crippen molar-refractivity contribution in [2.75, 3.05) is 5.75 Å². The fourth-order valence-corrected chi connectivity index (χ4v) is 10.9. The summed E-state index contributed by atoms with van der Waals surface area (Å²) < 4.78 is 0. The van der Waals surface area contributed by atoms with Gasteiger partial charge in [-0.3, -0.25) is 9.59 Å². The first-order chi connectivity index (χ1) is 27.6. The minimum atomic E-state index is -0.231. The second-order valence-electron chi connectivity index (χ2n) is 12.7. The van der Waals surface area contributed by atoms with E-state index in [2.05, 4.69) is 109 Å². The standard InChI is InChI=1S/C31H23OS2.C20H17OS/c32-31(24-10-4-1-5-11-24)25-16-18-26(19-17-25)33-27-20-22-30(23-21-27)34(28-12-6-2-7-13-28)29-14-8-3-9-15-29;21-20(17-10-4-1-5-11-17)16-22(18-12-6-2-7-13-18)19-14-8-3-9-15-19/h1-23H;1-15H,16H2/q2*+1. The molecule has 8 aromatic rings. The van der Waals surface area contributed by atoms with Crippen LogP contribution in [0.2, 0.25) is 0 Å². The van der Waals surface area contributed by atoms with Crippen molar-refractivity contribution in [3.63, 3.8) is 0 Å².